The lowest BCUT2D eigenvalue weighted by Crippen LogP contribution is -2.20. The molecule has 0 aliphatic carbocycles. The highest BCUT2D eigenvalue weighted by Crippen LogP contribution is 2.36. The van der Waals surface area contributed by atoms with Gasteiger partial charge in [0.25, 0.3) is 0 Å². The fourth-order valence-electron chi connectivity index (χ4n) is 2.19. The molecule has 0 N–H and O–H groups in total. The van der Waals surface area contributed by atoms with E-state index in [0.717, 1.165) is 4.47 Å². The summed E-state index contributed by atoms with van der Waals surface area (Å²) in [5.41, 5.74) is 1.15. The molecule has 5 heteroatoms. The first-order valence-corrected chi connectivity index (χ1v) is 7.16. The lowest BCUT2D eigenvalue weighted by molar-refractivity contribution is 0.0849. The molecule has 2 aromatic rings. The molecular weight excluding hydrogens is 347 g/mol. The van der Waals surface area contributed by atoms with Gasteiger partial charge in [-0.25, -0.2) is 4.39 Å². The van der Waals surface area contributed by atoms with Crippen LogP contribution in [0.15, 0.2) is 40.9 Å². The summed E-state index contributed by atoms with van der Waals surface area (Å²) in [5, 5.41) is 0.0558. The number of hydrogen-bond acceptors (Lipinski definition) is 2. The molecule has 0 aromatic heterocycles. The van der Waals surface area contributed by atoms with Crippen molar-refractivity contribution in [3.63, 3.8) is 0 Å². The zero-order chi connectivity index (χ0) is 14.3. The molecule has 3 rings (SSSR count). The average molecular weight is 356 g/mol. The van der Waals surface area contributed by atoms with Crippen LogP contribution in [0, 0.1) is 5.82 Å². The van der Waals surface area contributed by atoms with Crippen molar-refractivity contribution in [1.82, 2.24) is 0 Å². The third-order valence-corrected chi connectivity index (χ3v) is 4.00. The predicted molar refractivity (Wildman–Crippen MR) is 77.9 cm³/mol. The average Bonchev–Trinajstić information content (AvgIpc) is 2.42. The van der Waals surface area contributed by atoms with Gasteiger partial charge in [0.2, 0.25) is 0 Å². The molecule has 2 aromatic carbocycles. The number of benzene rings is 2. The van der Waals surface area contributed by atoms with Crippen molar-refractivity contribution in [2.45, 2.75) is 12.5 Å². The van der Waals surface area contributed by atoms with Crippen molar-refractivity contribution in [2.24, 2.45) is 0 Å². The van der Waals surface area contributed by atoms with E-state index in [1.165, 1.54) is 12.1 Å². The van der Waals surface area contributed by atoms with Gasteiger partial charge in [0.1, 0.15) is 17.7 Å². The molecule has 1 unspecified atom stereocenters. The molecule has 1 atom stereocenters. The van der Waals surface area contributed by atoms with Gasteiger partial charge in [-0.3, -0.25) is 4.79 Å². The molecule has 0 radical (unpaired) electrons. The topological polar surface area (TPSA) is 26.3 Å². The Hall–Kier alpha value is -1.39. The molecule has 102 valence electrons. The first-order chi connectivity index (χ1) is 9.54. The van der Waals surface area contributed by atoms with Gasteiger partial charge >= 0.3 is 0 Å². The minimum Gasteiger partial charge on any atom is -0.484 e. The standard InChI is InChI=1S/C15H9BrClFO2/c16-9-2-4-14-10(6-9)13(19)7-15(20-14)8-1-3-11(17)12(18)5-8/h1-6,15H,7H2. The number of rotatable bonds is 1. The zero-order valence-electron chi connectivity index (χ0n) is 10.2. The van der Waals surface area contributed by atoms with Crippen molar-refractivity contribution in [2.75, 3.05) is 0 Å². The van der Waals surface area contributed by atoms with E-state index >= 15 is 0 Å². The van der Waals surface area contributed by atoms with Gasteiger partial charge in [-0.15, -0.1) is 0 Å². The van der Waals surface area contributed by atoms with Gasteiger partial charge in [0.15, 0.2) is 5.78 Å². The number of carbonyl (C=O) groups is 1. The fourth-order valence-corrected chi connectivity index (χ4v) is 2.67. The van der Waals surface area contributed by atoms with Crippen LogP contribution in [-0.4, -0.2) is 5.78 Å². The van der Waals surface area contributed by atoms with E-state index < -0.39 is 11.9 Å². The van der Waals surface area contributed by atoms with Crippen LogP contribution in [0.5, 0.6) is 5.75 Å². The van der Waals surface area contributed by atoms with E-state index in [-0.39, 0.29) is 17.2 Å². The van der Waals surface area contributed by atoms with Crippen LogP contribution in [0.25, 0.3) is 0 Å². The van der Waals surface area contributed by atoms with Gasteiger partial charge in [-0.1, -0.05) is 33.6 Å². The maximum absolute atomic E-state index is 13.5. The minimum atomic E-state index is -0.512. The third kappa shape index (κ3) is 2.45. The second-order valence-electron chi connectivity index (χ2n) is 4.55. The van der Waals surface area contributed by atoms with E-state index in [2.05, 4.69) is 15.9 Å². The summed E-state index contributed by atoms with van der Waals surface area (Å²) in [6.45, 7) is 0. The SMILES string of the molecule is O=C1CC(c2ccc(Cl)c(F)c2)Oc2ccc(Br)cc21. The predicted octanol–water partition coefficient (Wildman–Crippen LogP) is 4.95. The Morgan fingerprint density at radius 2 is 2.05 bits per heavy atom. The Balaban J connectivity index is 1.97. The summed E-state index contributed by atoms with van der Waals surface area (Å²) in [6.07, 6.45) is -0.298. The lowest BCUT2D eigenvalue weighted by Gasteiger charge is -2.25. The Labute approximate surface area is 128 Å². The molecule has 0 amide bonds. The van der Waals surface area contributed by atoms with Gasteiger partial charge in [-0.2, -0.15) is 0 Å². The monoisotopic (exact) mass is 354 g/mol. The number of fused-ring (bicyclic) bond motifs is 1. The van der Waals surface area contributed by atoms with E-state index in [1.807, 2.05) is 0 Å². The highest BCUT2D eigenvalue weighted by atomic mass is 79.9. The summed E-state index contributed by atoms with van der Waals surface area (Å²) in [6, 6.07) is 9.72. The van der Waals surface area contributed by atoms with E-state index in [9.17, 15) is 9.18 Å². The zero-order valence-corrected chi connectivity index (χ0v) is 12.5. The summed E-state index contributed by atoms with van der Waals surface area (Å²) in [4.78, 5) is 12.2. The molecule has 1 aliphatic heterocycles. The molecule has 0 bridgehead atoms. The van der Waals surface area contributed by atoms with E-state index in [4.69, 9.17) is 16.3 Å². The molecule has 0 fully saturated rings. The third-order valence-electron chi connectivity index (χ3n) is 3.20. The smallest absolute Gasteiger partial charge is 0.170 e. The quantitative estimate of drug-likeness (QED) is 0.723. The maximum atomic E-state index is 13.5. The lowest BCUT2D eigenvalue weighted by atomic mass is 9.96. The molecule has 1 aliphatic rings. The van der Waals surface area contributed by atoms with Crippen LogP contribution in [-0.2, 0) is 0 Å². The Morgan fingerprint density at radius 1 is 1.25 bits per heavy atom. The Morgan fingerprint density at radius 3 is 2.80 bits per heavy atom. The highest BCUT2D eigenvalue weighted by molar-refractivity contribution is 9.10. The van der Waals surface area contributed by atoms with Crippen molar-refractivity contribution >= 4 is 33.3 Å². The summed E-state index contributed by atoms with van der Waals surface area (Å²) >= 11 is 8.98. The molecule has 0 saturated heterocycles. The summed E-state index contributed by atoms with van der Waals surface area (Å²) in [7, 11) is 0. The van der Waals surface area contributed by atoms with Crippen molar-refractivity contribution in [3.8, 4) is 5.75 Å². The summed E-state index contributed by atoms with van der Waals surface area (Å²) in [5.74, 6) is -0.0143. The Bertz CT molecular complexity index is 702. The van der Waals surface area contributed by atoms with Gasteiger partial charge in [0, 0.05) is 4.47 Å². The first kappa shape index (κ1) is 13.6. The minimum absolute atomic E-state index is 0.0205. The number of halogens is 3. The number of ether oxygens (including phenoxy) is 1. The second kappa shape index (κ2) is 5.19. The fraction of sp³-hybridized carbons (Fsp3) is 0.133. The molecule has 0 saturated carbocycles. The van der Waals surface area contributed by atoms with Crippen LogP contribution in [0.2, 0.25) is 5.02 Å². The van der Waals surface area contributed by atoms with Gasteiger partial charge in [-0.05, 0) is 35.9 Å². The molecular formula is C15H9BrClFO2. The largest absolute Gasteiger partial charge is 0.484 e. The van der Waals surface area contributed by atoms with Crippen LogP contribution < -0.4 is 4.74 Å². The number of Topliss-reactive ketones (excluding diaryl/α,β-unsaturated/α-hetero) is 1. The summed E-state index contributed by atoms with van der Waals surface area (Å²) < 4.78 is 20.1. The second-order valence-corrected chi connectivity index (χ2v) is 5.87. The molecule has 20 heavy (non-hydrogen) atoms. The Kier molecular flexibility index (Phi) is 3.52. The molecule has 0 spiro atoms. The van der Waals surface area contributed by atoms with E-state index in [0.29, 0.717) is 16.9 Å². The number of carbonyl (C=O) groups excluding carboxylic acids is 1. The van der Waals surface area contributed by atoms with Crippen LogP contribution in [0.3, 0.4) is 0 Å². The maximum Gasteiger partial charge on any atom is 0.170 e. The molecule has 1 heterocycles. The van der Waals surface area contributed by atoms with Crippen molar-refractivity contribution in [1.29, 1.82) is 0 Å². The normalized spacial score (nSPS) is 17.6. The molecule has 2 nitrogen and oxygen atoms in total. The number of ketones is 1. The van der Waals surface area contributed by atoms with Crippen molar-refractivity contribution in [3.05, 3.63) is 62.8 Å². The van der Waals surface area contributed by atoms with Gasteiger partial charge < -0.3 is 4.74 Å². The van der Waals surface area contributed by atoms with E-state index in [1.54, 1.807) is 24.3 Å². The highest BCUT2D eigenvalue weighted by Gasteiger charge is 2.28. The first-order valence-electron chi connectivity index (χ1n) is 5.99. The van der Waals surface area contributed by atoms with Crippen molar-refractivity contribution < 1.29 is 13.9 Å². The van der Waals surface area contributed by atoms with Crippen LogP contribution >= 0.6 is 27.5 Å². The number of hydrogen-bond donors (Lipinski definition) is 0. The van der Waals surface area contributed by atoms with Crippen LogP contribution in [0.4, 0.5) is 4.39 Å². The van der Waals surface area contributed by atoms with Crippen LogP contribution in [0.1, 0.15) is 28.4 Å². The van der Waals surface area contributed by atoms with Gasteiger partial charge in [0.05, 0.1) is 17.0 Å².